The van der Waals surface area contributed by atoms with E-state index in [9.17, 15) is 26.4 Å². The number of aromatic nitrogens is 3. The Labute approximate surface area is 234 Å². The molecule has 0 aliphatic carbocycles. The first-order chi connectivity index (χ1) is 19.5. The number of amides is 1. The molecule has 1 N–H and O–H groups in total. The maximum atomic E-state index is 13.9. The van der Waals surface area contributed by atoms with Crippen LogP contribution in [0.5, 0.6) is 0 Å². The van der Waals surface area contributed by atoms with Crippen molar-refractivity contribution < 1.29 is 31.1 Å². The summed E-state index contributed by atoms with van der Waals surface area (Å²) >= 11 is 0. The molecule has 214 valence electrons. The third-order valence-corrected chi connectivity index (χ3v) is 7.86. The number of fused-ring (bicyclic) bond motifs is 1. The van der Waals surface area contributed by atoms with Crippen LogP contribution in [0.25, 0.3) is 22.3 Å². The normalized spacial score (nSPS) is 17.7. The highest BCUT2D eigenvalue weighted by atomic mass is 32.2. The maximum Gasteiger partial charge on any atom is 0.341 e. The number of hydrogen-bond donors (Lipinski definition) is 1. The minimum absolute atomic E-state index is 0.0862. The zero-order valence-corrected chi connectivity index (χ0v) is 22.9. The Morgan fingerprint density at radius 3 is 2.51 bits per heavy atom. The number of morpholine rings is 1. The molecule has 1 aromatic carbocycles. The fourth-order valence-electron chi connectivity index (χ4n) is 4.64. The van der Waals surface area contributed by atoms with Crippen LogP contribution < -0.4 is 10.2 Å². The summed E-state index contributed by atoms with van der Waals surface area (Å²) < 4.78 is 69.0. The van der Waals surface area contributed by atoms with Crippen LogP contribution in [0.1, 0.15) is 29.9 Å². The van der Waals surface area contributed by atoms with Crippen LogP contribution in [0.2, 0.25) is 0 Å². The minimum atomic E-state index is -5.08. The molecular weight excluding hydrogens is 559 g/mol. The number of nitrogens with one attached hydrogen (secondary N) is 1. The van der Waals surface area contributed by atoms with E-state index in [2.05, 4.69) is 15.2 Å². The average molecular weight is 586 g/mol. The summed E-state index contributed by atoms with van der Waals surface area (Å²) in [6.07, 6.45) is 1.76. The molecule has 2 atom stereocenters. The van der Waals surface area contributed by atoms with E-state index in [0.29, 0.717) is 34.7 Å². The number of rotatable bonds is 7. The van der Waals surface area contributed by atoms with Gasteiger partial charge in [-0.2, -0.15) is 8.78 Å². The van der Waals surface area contributed by atoms with Crippen molar-refractivity contribution in [3.8, 4) is 11.4 Å². The van der Waals surface area contributed by atoms with Gasteiger partial charge in [-0.15, -0.1) is 0 Å². The van der Waals surface area contributed by atoms with Crippen LogP contribution >= 0.6 is 0 Å². The van der Waals surface area contributed by atoms with Crippen molar-refractivity contribution >= 4 is 32.5 Å². The van der Waals surface area contributed by atoms with Crippen molar-refractivity contribution in [1.82, 2.24) is 20.3 Å². The van der Waals surface area contributed by atoms with E-state index in [-0.39, 0.29) is 18.8 Å². The standard InChI is InChI=1S/C28H26F3N5O4S/c1-16-14-36(15-17(2)40-16)26-5-3-4-23(35-26)24-7-6-18-12-32-21(11-25(18)34-24)13-33-27(37)19-8-20(29)10-22(9-19)41(38,39)28(30)31/h3-12,16-17,28H,13-15H2,1-2H3,(H,33,37)/t16-,17+. The van der Waals surface area contributed by atoms with E-state index in [1.807, 2.05) is 44.2 Å². The molecule has 0 spiro atoms. The van der Waals surface area contributed by atoms with Crippen LogP contribution in [0.3, 0.4) is 0 Å². The number of nitrogens with zero attached hydrogens (tertiary/aromatic N) is 4. The Hall–Kier alpha value is -4.10. The second-order valence-corrected chi connectivity index (χ2v) is 11.7. The first-order valence-electron chi connectivity index (χ1n) is 12.7. The van der Waals surface area contributed by atoms with Crippen molar-refractivity contribution in [1.29, 1.82) is 0 Å². The smallest absolute Gasteiger partial charge is 0.341 e. The lowest BCUT2D eigenvalue weighted by Gasteiger charge is -2.36. The zero-order chi connectivity index (χ0) is 29.3. The number of anilines is 1. The molecule has 9 nitrogen and oxygen atoms in total. The molecule has 41 heavy (non-hydrogen) atoms. The van der Waals surface area contributed by atoms with Gasteiger partial charge in [-0.05, 0) is 62.4 Å². The Morgan fingerprint density at radius 2 is 1.78 bits per heavy atom. The Morgan fingerprint density at radius 1 is 1.05 bits per heavy atom. The van der Waals surface area contributed by atoms with E-state index in [0.717, 1.165) is 30.4 Å². The molecular formula is C28H26F3N5O4S. The number of benzene rings is 1. The molecule has 1 aliphatic heterocycles. The monoisotopic (exact) mass is 585 g/mol. The molecule has 0 bridgehead atoms. The first-order valence-corrected chi connectivity index (χ1v) is 14.3. The molecule has 1 amide bonds. The van der Waals surface area contributed by atoms with E-state index < -0.39 is 37.8 Å². The molecule has 4 aromatic rings. The number of alkyl halides is 2. The highest BCUT2D eigenvalue weighted by Crippen LogP contribution is 2.25. The van der Waals surface area contributed by atoms with Gasteiger partial charge < -0.3 is 15.0 Å². The predicted octanol–water partition coefficient (Wildman–Crippen LogP) is 4.37. The fourth-order valence-corrected chi connectivity index (χ4v) is 5.41. The van der Waals surface area contributed by atoms with Crippen molar-refractivity contribution in [3.63, 3.8) is 0 Å². The largest absolute Gasteiger partial charge is 0.372 e. The Balaban J connectivity index is 1.34. The molecule has 1 fully saturated rings. The number of hydrogen-bond acceptors (Lipinski definition) is 8. The van der Waals surface area contributed by atoms with Crippen LogP contribution in [-0.4, -0.2) is 60.3 Å². The summed E-state index contributed by atoms with van der Waals surface area (Å²) in [5.74, 6) is -4.91. The van der Waals surface area contributed by atoms with Gasteiger partial charge in [0, 0.05) is 30.2 Å². The lowest BCUT2D eigenvalue weighted by molar-refractivity contribution is -0.00545. The summed E-state index contributed by atoms with van der Waals surface area (Å²) in [4.78, 5) is 27.6. The first kappa shape index (κ1) is 28.4. The number of carbonyl (C=O) groups is 1. The van der Waals surface area contributed by atoms with Crippen molar-refractivity contribution in [3.05, 3.63) is 77.9 Å². The van der Waals surface area contributed by atoms with Gasteiger partial charge in [-0.25, -0.2) is 22.8 Å². The lowest BCUT2D eigenvalue weighted by atomic mass is 10.1. The summed E-state index contributed by atoms with van der Waals surface area (Å²) in [6.45, 7) is 5.41. The molecule has 3 aromatic heterocycles. The van der Waals surface area contributed by atoms with Gasteiger partial charge in [-0.1, -0.05) is 6.07 Å². The van der Waals surface area contributed by atoms with Gasteiger partial charge in [-0.3, -0.25) is 9.78 Å². The quantitative estimate of drug-likeness (QED) is 0.340. The fraction of sp³-hybridized carbons (Fsp3) is 0.286. The molecule has 1 aliphatic rings. The number of pyridine rings is 3. The highest BCUT2D eigenvalue weighted by Gasteiger charge is 2.28. The van der Waals surface area contributed by atoms with Crippen molar-refractivity contribution in [2.75, 3.05) is 18.0 Å². The van der Waals surface area contributed by atoms with Gasteiger partial charge in [0.05, 0.1) is 46.2 Å². The van der Waals surface area contributed by atoms with Crippen molar-refractivity contribution in [2.24, 2.45) is 0 Å². The minimum Gasteiger partial charge on any atom is -0.372 e. The third kappa shape index (κ3) is 6.30. The maximum absolute atomic E-state index is 13.9. The Bertz CT molecular complexity index is 1710. The molecule has 0 unspecified atom stereocenters. The second kappa shape index (κ2) is 11.4. The van der Waals surface area contributed by atoms with Gasteiger partial charge in [0.2, 0.25) is 9.84 Å². The van der Waals surface area contributed by atoms with Gasteiger partial charge in [0.1, 0.15) is 11.6 Å². The summed E-state index contributed by atoms with van der Waals surface area (Å²) in [5.41, 5.74) is 1.93. The summed E-state index contributed by atoms with van der Waals surface area (Å²) in [7, 11) is -5.08. The number of ether oxygens (including phenoxy) is 1. The Kier molecular flexibility index (Phi) is 7.91. The molecule has 4 heterocycles. The van der Waals surface area contributed by atoms with E-state index in [1.54, 1.807) is 12.3 Å². The molecule has 0 radical (unpaired) electrons. The molecule has 1 saturated heterocycles. The summed E-state index contributed by atoms with van der Waals surface area (Å²) in [6, 6.07) is 13.0. The average Bonchev–Trinajstić information content (AvgIpc) is 2.94. The van der Waals surface area contributed by atoms with Crippen LogP contribution in [0.15, 0.2) is 65.7 Å². The number of sulfone groups is 1. The molecule has 13 heteroatoms. The summed E-state index contributed by atoms with van der Waals surface area (Å²) in [5, 5.41) is 3.26. The van der Waals surface area contributed by atoms with E-state index in [4.69, 9.17) is 14.7 Å². The van der Waals surface area contributed by atoms with Crippen LogP contribution in [0, 0.1) is 5.82 Å². The highest BCUT2D eigenvalue weighted by molar-refractivity contribution is 7.91. The van der Waals surface area contributed by atoms with E-state index in [1.165, 1.54) is 0 Å². The van der Waals surface area contributed by atoms with Crippen molar-refractivity contribution in [2.45, 2.75) is 43.3 Å². The predicted molar refractivity (Wildman–Crippen MR) is 146 cm³/mol. The lowest BCUT2D eigenvalue weighted by Crippen LogP contribution is -2.45. The van der Waals surface area contributed by atoms with E-state index >= 15 is 0 Å². The zero-order valence-electron chi connectivity index (χ0n) is 22.1. The second-order valence-electron chi connectivity index (χ2n) is 9.77. The van der Waals surface area contributed by atoms with Gasteiger partial charge in [0.25, 0.3) is 5.91 Å². The van der Waals surface area contributed by atoms with Crippen LogP contribution in [-0.2, 0) is 21.1 Å². The topological polar surface area (TPSA) is 114 Å². The number of halogens is 3. The third-order valence-electron chi connectivity index (χ3n) is 6.50. The van der Waals surface area contributed by atoms with Gasteiger partial charge in [0.15, 0.2) is 0 Å². The van der Waals surface area contributed by atoms with Gasteiger partial charge >= 0.3 is 5.76 Å². The SMILES string of the molecule is C[C@@H]1CN(c2cccc(-c3ccc4cnc(CNC(=O)c5cc(F)cc(S(=O)(=O)C(F)F)c5)cc4n3)n2)C[C@H](C)O1. The van der Waals surface area contributed by atoms with Crippen LogP contribution in [0.4, 0.5) is 19.0 Å². The number of carbonyl (C=O) groups excluding carboxylic acids is 1. The molecule has 0 saturated carbocycles. The molecule has 5 rings (SSSR count).